The van der Waals surface area contributed by atoms with Gasteiger partial charge in [-0.1, -0.05) is 25.1 Å². The fourth-order valence-corrected chi connectivity index (χ4v) is 4.12. The zero-order chi connectivity index (χ0) is 18.6. The van der Waals surface area contributed by atoms with Crippen LogP contribution in [0.5, 0.6) is 0 Å². The van der Waals surface area contributed by atoms with Crippen molar-refractivity contribution in [3.63, 3.8) is 0 Å². The summed E-state index contributed by atoms with van der Waals surface area (Å²) >= 11 is 0. The highest BCUT2D eigenvalue weighted by Crippen LogP contribution is 2.34. The minimum Gasteiger partial charge on any atom is -0.396 e. The standard InChI is InChI=1S/C21H30FN3O/c1-3-10-25-14-19(17(2)23-25)13-24-11-6-9-21(15-24,16-26)12-18-7-4-5-8-20(18)22/h4-5,7-8,14,26H,3,6,9-13,15-16H2,1-2H3. The highest BCUT2D eigenvalue weighted by molar-refractivity contribution is 5.20. The van der Waals surface area contributed by atoms with Gasteiger partial charge in [0.05, 0.1) is 12.3 Å². The molecule has 1 fully saturated rings. The summed E-state index contributed by atoms with van der Waals surface area (Å²) in [5, 5.41) is 14.7. The van der Waals surface area contributed by atoms with E-state index in [1.54, 1.807) is 6.07 Å². The number of likely N-dealkylation sites (tertiary alicyclic amines) is 1. The maximum atomic E-state index is 14.1. The van der Waals surface area contributed by atoms with E-state index in [4.69, 9.17) is 0 Å². The summed E-state index contributed by atoms with van der Waals surface area (Å²) in [6.07, 6.45) is 5.76. The second-order valence-electron chi connectivity index (χ2n) is 7.74. The van der Waals surface area contributed by atoms with E-state index >= 15 is 0 Å². The summed E-state index contributed by atoms with van der Waals surface area (Å²) in [5.74, 6) is -0.172. The van der Waals surface area contributed by atoms with Crippen molar-refractivity contribution in [2.45, 2.75) is 52.6 Å². The van der Waals surface area contributed by atoms with Crippen LogP contribution in [0.4, 0.5) is 4.39 Å². The maximum Gasteiger partial charge on any atom is 0.126 e. The van der Waals surface area contributed by atoms with E-state index in [1.165, 1.54) is 11.6 Å². The van der Waals surface area contributed by atoms with Crippen LogP contribution in [-0.4, -0.2) is 39.5 Å². The first-order chi connectivity index (χ1) is 12.5. The van der Waals surface area contributed by atoms with E-state index in [-0.39, 0.29) is 17.8 Å². The van der Waals surface area contributed by atoms with E-state index in [0.717, 1.165) is 51.1 Å². The molecule has 1 saturated heterocycles. The Kier molecular flexibility index (Phi) is 6.09. The molecule has 142 valence electrons. The topological polar surface area (TPSA) is 41.3 Å². The van der Waals surface area contributed by atoms with Crippen molar-refractivity contribution in [3.05, 3.63) is 53.1 Å². The van der Waals surface area contributed by atoms with E-state index < -0.39 is 0 Å². The summed E-state index contributed by atoms with van der Waals surface area (Å²) in [6, 6.07) is 6.93. The third kappa shape index (κ3) is 4.33. The molecule has 5 heteroatoms. The molecule has 0 spiro atoms. The lowest BCUT2D eigenvalue weighted by atomic mass is 9.75. The molecule has 1 aliphatic heterocycles. The highest BCUT2D eigenvalue weighted by atomic mass is 19.1. The summed E-state index contributed by atoms with van der Waals surface area (Å²) in [5.41, 5.74) is 2.76. The normalized spacial score (nSPS) is 21.2. The van der Waals surface area contributed by atoms with Gasteiger partial charge in [-0.2, -0.15) is 5.10 Å². The fraction of sp³-hybridized carbons (Fsp3) is 0.571. The molecule has 0 radical (unpaired) electrons. The number of aliphatic hydroxyl groups is 1. The van der Waals surface area contributed by atoms with Crippen LogP contribution in [0.15, 0.2) is 30.5 Å². The molecule has 4 nitrogen and oxygen atoms in total. The molecule has 1 N–H and O–H groups in total. The molecule has 0 bridgehead atoms. The number of benzene rings is 1. The van der Waals surface area contributed by atoms with Crippen molar-refractivity contribution in [2.75, 3.05) is 19.7 Å². The average molecular weight is 359 g/mol. The number of aliphatic hydroxyl groups excluding tert-OH is 1. The van der Waals surface area contributed by atoms with E-state index in [1.807, 2.05) is 16.8 Å². The Morgan fingerprint density at radius 2 is 2.08 bits per heavy atom. The number of aryl methyl sites for hydroxylation is 2. The van der Waals surface area contributed by atoms with Crippen LogP contribution in [0.1, 0.15) is 43.0 Å². The molecular formula is C21H30FN3O. The zero-order valence-corrected chi connectivity index (χ0v) is 15.9. The third-order valence-corrected chi connectivity index (χ3v) is 5.49. The first kappa shape index (κ1) is 19.1. The quantitative estimate of drug-likeness (QED) is 0.822. The summed E-state index contributed by atoms with van der Waals surface area (Å²) in [4.78, 5) is 2.39. The summed E-state index contributed by atoms with van der Waals surface area (Å²) in [6.45, 7) is 7.88. The smallest absolute Gasteiger partial charge is 0.126 e. The van der Waals surface area contributed by atoms with E-state index in [2.05, 4.69) is 30.0 Å². The van der Waals surface area contributed by atoms with Gasteiger partial charge < -0.3 is 5.11 Å². The lowest BCUT2D eigenvalue weighted by Gasteiger charge is -2.42. The van der Waals surface area contributed by atoms with Crippen molar-refractivity contribution in [2.24, 2.45) is 5.41 Å². The number of piperidine rings is 1. The molecule has 2 aromatic rings. The first-order valence-corrected chi connectivity index (χ1v) is 9.65. The van der Waals surface area contributed by atoms with Crippen LogP contribution in [0.2, 0.25) is 0 Å². The van der Waals surface area contributed by atoms with Gasteiger partial charge in [-0.25, -0.2) is 4.39 Å². The van der Waals surface area contributed by atoms with Crippen LogP contribution in [0.25, 0.3) is 0 Å². The summed E-state index contributed by atoms with van der Waals surface area (Å²) in [7, 11) is 0. The Bertz CT molecular complexity index is 730. The van der Waals surface area contributed by atoms with E-state index in [9.17, 15) is 9.50 Å². The Labute approximate surface area is 155 Å². The van der Waals surface area contributed by atoms with Crippen molar-refractivity contribution in [1.29, 1.82) is 0 Å². The number of halogens is 1. The van der Waals surface area contributed by atoms with Crippen LogP contribution in [0, 0.1) is 18.2 Å². The van der Waals surface area contributed by atoms with Gasteiger partial charge in [0.2, 0.25) is 0 Å². The SMILES string of the molecule is CCCn1cc(CN2CCCC(CO)(Cc3ccccc3F)C2)c(C)n1. The number of nitrogens with zero attached hydrogens (tertiary/aromatic N) is 3. The minimum atomic E-state index is -0.270. The second-order valence-corrected chi connectivity index (χ2v) is 7.74. The molecule has 1 aromatic heterocycles. The Hall–Kier alpha value is -1.72. The zero-order valence-electron chi connectivity index (χ0n) is 15.9. The molecule has 1 aliphatic rings. The predicted octanol–water partition coefficient (Wildman–Crippen LogP) is 3.56. The van der Waals surface area contributed by atoms with Gasteiger partial charge in [0.15, 0.2) is 0 Å². The molecule has 0 amide bonds. The highest BCUT2D eigenvalue weighted by Gasteiger charge is 2.36. The number of rotatable bonds is 7. The van der Waals surface area contributed by atoms with Crippen LogP contribution in [-0.2, 0) is 19.5 Å². The van der Waals surface area contributed by atoms with Crippen LogP contribution in [0.3, 0.4) is 0 Å². The molecular weight excluding hydrogens is 329 g/mol. The first-order valence-electron chi connectivity index (χ1n) is 9.65. The number of aromatic nitrogens is 2. The molecule has 1 atom stereocenters. The van der Waals surface area contributed by atoms with Gasteiger partial charge in [0, 0.05) is 36.8 Å². The third-order valence-electron chi connectivity index (χ3n) is 5.49. The average Bonchev–Trinajstić information content (AvgIpc) is 2.97. The molecule has 1 aromatic carbocycles. The number of hydrogen-bond acceptors (Lipinski definition) is 3. The lowest BCUT2D eigenvalue weighted by molar-refractivity contribution is 0.0282. The Morgan fingerprint density at radius 3 is 2.81 bits per heavy atom. The largest absolute Gasteiger partial charge is 0.396 e. The van der Waals surface area contributed by atoms with Gasteiger partial charge in [0.1, 0.15) is 5.82 Å². The molecule has 2 heterocycles. The van der Waals surface area contributed by atoms with Crippen LogP contribution < -0.4 is 0 Å². The monoisotopic (exact) mass is 359 g/mol. The molecule has 3 rings (SSSR count). The van der Waals surface area contributed by atoms with Gasteiger partial charge in [-0.3, -0.25) is 9.58 Å². The number of hydrogen-bond donors (Lipinski definition) is 1. The van der Waals surface area contributed by atoms with Crippen molar-refractivity contribution in [1.82, 2.24) is 14.7 Å². The Balaban J connectivity index is 1.72. The van der Waals surface area contributed by atoms with Crippen molar-refractivity contribution in [3.8, 4) is 0 Å². The second kappa shape index (κ2) is 8.31. The summed E-state index contributed by atoms with van der Waals surface area (Å²) < 4.78 is 16.1. The van der Waals surface area contributed by atoms with Gasteiger partial charge in [-0.05, 0) is 50.8 Å². The Morgan fingerprint density at radius 1 is 1.27 bits per heavy atom. The van der Waals surface area contributed by atoms with Crippen molar-refractivity contribution >= 4 is 0 Å². The van der Waals surface area contributed by atoms with Gasteiger partial charge >= 0.3 is 0 Å². The predicted molar refractivity (Wildman–Crippen MR) is 101 cm³/mol. The fourth-order valence-electron chi connectivity index (χ4n) is 4.12. The molecule has 0 aliphatic carbocycles. The van der Waals surface area contributed by atoms with Crippen molar-refractivity contribution < 1.29 is 9.50 Å². The molecule has 26 heavy (non-hydrogen) atoms. The van der Waals surface area contributed by atoms with Crippen LogP contribution >= 0.6 is 0 Å². The molecule has 1 unspecified atom stereocenters. The van der Waals surface area contributed by atoms with Gasteiger partial charge in [0.25, 0.3) is 0 Å². The molecule has 0 saturated carbocycles. The van der Waals surface area contributed by atoms with Gasteiger partial charge in [-0.15, -0.1) is 0 Å². The lowest BCUT2D eigenvalue weighted by Crippen LogP contribution is -2.46. The van der Waals surface area contributed by atoms with E-state index in [0.29, 0.717) is 12.0 Å². The minimum absolute atomic E-state index is 0.0892. The maximum absolute atomic E-state index is 14.1.